The van der Waals surface area contributed by atoms with E-state index in [0.717, 1.165) is 6.42 Å². The number of phenolic OH excluding ortho intramolecular Hbond substituents is 1. The molecule has 26 heavy (non-hydrogen) atoms. The normalized spacial score (nSPS) is 14.3. The molecular weight excluding hydrogens is 328 g/mol. The summed E-state index contributed by atoms with van der Waals surface area (Å²) in [5.41, 5.74) is 2.86. The molecule has 5 nitrogen and oxygen atoms in total. The average molecular weight is 352 g/mol. The van der Waals surface area contributed by atoms with Crippen molar-refractivity contribution in [3.8, 4) is 5.75 Å². The molecule has 1 N–H and O–H groups in total. The molecule has 3 rings (SSSR count). The van der Waals surface area contributed by atoms with E-state index in [4.69, 9.17) is 0 Å². The first-order valence-corrected chi connectivity index (χ1v) is 8.94. The van der Waals surface area contributed by atoms with Crippen molar-refractivity contribution in [3.05, 3.63) is 65.2 Å². The lowest BCUT2D eigenvalue weighted by Gasteiger charge is -2.35. The molecule has 0 aromatic heterocycles. The van der Waals surface area contributed by atoms with Crippen molar-refractivity contribution in [2.24, 2.45) is 0 Å². The van der Waals surface area contributed by atoms with Crippen molar-refractivity contribution in [1.82, 2.24) is 9.80 Å². The summed E-state index contributed by atoms with van der Waals surface area (Å²) in [6, 6.07) is 14.6. The van der Waals surface area contributed by atoms with Crippen LogP contribution in [0.5, 0.6) is 5.75 Å². The van der Waals surface area contributed by atoms with Gasteiger partial charge in [0, 0.05) is 38.2 Å². The first-order chi connectivity index (χ1) is 12.5. The molecule has 0 unspecified atom stereocenters. The monoisotopic (exact) mass is 352 g/mol. The zero-order valence-corrected chi connectivity index (χ0v) is 15.0. The Hall–Kier alpha value is -2.82. The zero-order valence-electron chi connectivity index (χ0n) is 15.0. The summed E-state index contributed by atoms with van der Waals surface area (Å²) in [6.45, 7) is 4.19. The number of carbonyl (C=O) groups is 2. The van der Waals surface area contributed by atoms with Crippen LogP contribution in [0.15, 0.2) is 48.5 Å². The van der Waals surface area contributed by atoms with Crippen LogP contribution in [-0.4, -0.2) is 52.9 Å². The minimum absolute atomic E-state index is 0.0840. The van der Waals surface area contributed by atoms with Gasteiger partial charge in [0.05, 0.1) is 0 Å². The fourth-order valence-electron chi connectivity index (χ4n) is 3.14. The third kappa shape index (κ3) is 4.42. The zero-order chi connectivity index (χ0) is 18.5. The van der Waals surface area contributed by atoms with Crippen molar-refractivity contribution >= 4 is 11.8 Å². The molecule has 0 atom stereocenters. The van der Waals surface area contributed by atoms with Crippen LogP contribution >= 0.6 is 0 Å². The SMILES string of the molecule is Cc1ccc(CCC(=O)N2CCN(C(=O)c3cccc(O)c3)CC2)cc1. The second-order valence-electron chi connectivity index (χ2n) is 6.71. The van der Waals surface area contributed by atoms with Gasteiger partial charge in [0.25, 0.3) is 5.91 Å². The van der Waals surface area contributed by atoms with Gasteiger partial charge in [-0.1, -0.05) is 35.9 Å². The number of hydrogen-bond acceptors (Lipinski definition) is 3. The Kier molecular flexibility index (Phi) is 5.56. The van der Waals surface area contributed by atoms with E-state index in [-0.39, 0.29) is 17.6 Å². The number of hydrogen-bond donors (Lipinski definition) is 1. The van der Waals surface area contributed by atoms with Gasteiger partial charge in [-0.25, -0.2) is 0 Å². The summed E-state index contributed by atoms with van der Waals surface area (Å²) in [7, 11) is 0. The molecule has 2 aromatic carbocycles. The molecule has 1 fully saturated rings. The summed E-state index contributed by atoms with van der Waals surface area (Å²) < 4.78 is 0. The molecule has 136 valence electrons. The summed E-state index contributed by atoms with van der Waals surface area (Å²) in [5, 5.41) is 9.52. The highest BCUT2D eigenvalue weighted by Gasteiger charge is 2.24. The Morgan fingerprint density at radius 1 is 0.962 bits per heavy atom. The maximum absolute atomic E-state index is 12.5. The Morgan fingerprint density at radius 3 is 2.27 bits per heavy atom. The smallest absolute Gasteiger partial charge is 0.254 e. The van der Waals surface area contributed by atoms with Crippen LogP contribution in [0.4, 0.5) is 0 Å². The van der Waals surface area contributed by atoms with Gasteiger partial charge in [-0.05, 0) is 37.1 Å². The van der Waals surface area contributed by atoms with Gasteiger partial charge in [-0.3, -0.25) is 9.59 Å². The van der Waals surface area contributed by atoms with Crippen LogP contribution in [0, 0.1) is 6.92 Å². The Labute approximate surface area is 153 Å². The molecule has 0 saturated carbocycles. The van der Waals surface area contributed by atoms with Crippen molar-refractivity contribution < 1.29 is 14.7 Å². The molecular formula is C21H24N2O3. The third-order valence-corrected chi connectivity index (χ3v) is 4.76. The molecule has 2 aromatic rings. The van der Waals surface area contributed by atoms with Crippen LogP contribution in [0.1, 0.15) is 27.9 Å². The Morgan fingerprint density at radius 2 is 1.62 bits per heavy atom. The fourth-order valence-corrected chi connectivity index (χ4v) is 3.14. The molecule has 1 aliphatic heterocycles. The number of aryl methyl sites for hydroxylation is 2. The summed E-state index contributed by atoms with van der Waals surface area (Å²) in [4.78, 5) is 28.5. The number of benzene rings is 2. The van der Waals surface area contributed by atoms with Gasteiger partial charge in [-0.15, -0.1) is 0 Å². The Balaban J connectivity index is 1.49. The lowest BCUT2D eigenvalue weighted by atomic mass is 10.1. The van der Waals surface area contributed by atoms with Gasteiger partial charge < -0.3 is 14.9 Å². The highest BCUT2D eigenvalue weighted by Crippen LogP contribution is 2.15. The topological polar surface area (TPSA) is 60.9 Å². The molecule has 0 aliphatic carbocycles. The van der Waals surface area contributed by atoms with Crippen LogP contribution in [0.25, 0.3) is 0 Å². The van der Waals surface area contributed by atoms with Crippen molar-refractivity contribution in [1.29, 1.82) is 0 Å². The van der Waals surface area contributed by atoms with Crippen LogP contribution < -0.4 is 0 Å². The van der Waals surface area contributed by atoms with Gasteiger partial charge in [0.2, 0.25) is 5.91 Å². The molecule has 1 saturated heterocycles. The number of carbonyl (C=O) groups excluding carboxylic acids is 2. The standard InChI is InChI=1S/C21H24N2O3/c1-16-5-7-17(8-6-16)9-10-20(25)22-11-13-23(14-12-22)21(26)18-3-2-4-19(24)15-18/h2-8,15,24H,9-14H2,1H3. The Bertz CT molecular complexity index is 778. The van der Waals surface area contributed by atoms with E-state index in [2.05, 4.69) is 24.3 Å². The van der Waals surface area contributed by atoms with Crippen LogP contribution in [0.2, 0.25) is 0 Å². The van der Waals surface area contributed by atoms with Gasteiger partial charge in [0.1, 0.15) is 5.75 Å². The summed E-state index contributed by atoms with van der Waals surface area (Å²) in [5.74, 6) is 0.114. The van der Waals surface area contributed by atoms with E-state index >= 15 is 0 Å². The fraction of sp³-hybridized carbons (Fsp3) is 0.333. The largest absolute Gasteiger partial charge is 0.508 e. The second kappa shape index (κ2) is 8.04. The van der Waals surface area contributed by atoms with Crippen LogP contribution in [-0.2, 0) is 11.2 Å². The number of phenols is 1. The van der Waals surface area contributed by atoms with E-state index in [0.29, 0.717) is 38.2 Å². The number of aromatic hydroxyl groups is 1. The first kappa shape index (κ1) is 18.0. The van der Waals surface area contributed by atoms with E-state index in [1.165, 1.54) is 17.2 Å². The molecule has 2 amide bonds. The number of amides is 2. The van der Waals surface area contributed by atoms with Crippen molar-refractivity contribution in [3.63, 3.8) is 0 Å². The molecule has 1 heterocycles. The predicted octanol–water partition coefficient (Wildman–Crippen LogP) is 2.62. The van der Waals surface area contributed by atoms with Crippen LogP contribution in [0.3, 0.4) is 0 Å². The summed E-state index contributed by atoms with van der Waals surface area (Å²) >= 11 is 0. The minimum atomic E-state index is -0.104. The van der Waals surface area contributed by atoms with Gasteiger partial charge >= 0.3 is 0 Å². The quantitative estimate of drug-likeness (QED) is 0.920. The van der Waals surface area contributed by atoms with Crippen molar-refractivity contribution in [2.75, 3.05) is 26.2 Å². The highest BCUT2D eigenvalue weighted by molar-refractivity contribution is 5.94. The number of nitrogens with zero attached hydrogens (tertiary/aromatic N) is 2. The van der Waals surface area contributed by atoms with Gasteiger partial charge in [-0.2, -0.15) is 0 Å². The van der Waals surface area contributed by atoms with Crippen molar-refractivity contribution in [2.45, 2.75) is 19.8 Å². The van der Waals surface area contributed by atoms with Gasteiger partial charge in [0.15, 0.2) is 0 Å². The molecule has 0 radical (unpaired) electrons. The third-order valence-electron chi connectivity index (χ3n) is 4.76. The van der Waals surface area contributed by atoms with E-state index in [1.54, 1.807) is 23.1 Å². The minimum Gasteiger partial charge on any atom is -0.508 e. The number of rotatable bonds is 4. The molecule has 1 aliphatic rings. The second-order valence-corrected chi connectivity index (χ2v) is 6.71. The van der Waals surface area contributed by atoms with E-state index < -0.39 is 0 Å². The highest BCUT2D eigenvalue weighted by atomic mass is 16.3. The maximum atomic E-state index is 12.5. The first-order valence-electron chi connectivity index (χ1n) is 8.94. The molecule has 5 heteroatoms. The summed E-state index contributed by atoms with van der Waals surface area (Å²) in [6.07, 6.45) is 1.23. The molecule has 0 spiro atoms. The number of piperazine rings is 1. The predicted molar refractivity (Wildman–Crippen MR) is 100 cm³/mol. The lowest BCUT2D eigenvalue weighted by Crippen LogP contribution is -2.50. The van der Waals surface area contributed by atoms with E-state index in [1.807, 2.05) is 11.8 Å². The molecule has 0 bridgehead atoms. The maximum Gasteiger partial charge on any atom is 0.254 e. The lowest BCUT2D eigenvalue weighted by molar-refractivity contribution is -0.132. The average Bonchev–Trinajstić information content (AvgIpc) is 2.67. The van der Waals surface area contributed by atoms with E-state index in [9.17, 15) is 14.7 Å².